The molecule has 2 aliphatic heterocycles. The lowest BCUT2D eigenvalue weighted by Gasteiger charge is -2.33. The minimum atomic E-state index is -0.173. The lowest BCUT2D eigenvalue weighted by atomic mass is 9.89. The molecule has 1 unspecified atom stereocenters. The molecular weight excluding hydrogens is 192 g/mol. The van der Waals surface area contributed by atoms with E-state index in [1.807, 2.05) is 4.90 Å². The number of piperidine rings is 1. The molecular formula is C11H20N2O2. The first-order valence-corrected chi connectivity index (χ1v) is 5.87. The van der Waals surface area contributed by atoms with Crippen LogP contribution in [-0.2, 0) is 4.74 Å². The van der Waals surface area contributed by atoms with E-state index in [4.69, 9.17) is 4.74 Å². The van der Waals surface area contributed by atoms with Crippen LogP contribution in [0.15, 0.2) is 0 Å². The Balaban J connectivity index is 1.78. The third kappa shape index (κ3) is 2.43. The summed E-state index contributed by atoms with van der Waals surface area (Å²) in [6, 6.07) is 0.699. The van der Waals surface area contributed by atoms with Gasteiger partial charge in [0.05, 0.1) is 7.11 Å². The largest absolute Gasteiger partial charge is 0.453 e. The van der Waals surface area contributed by atoms with Crippen molar-refractivity contribution >= 4 is 6.09 Å². The van der Waals surface area contributed by atoms with Gasteiger partial charge in [-0.25, -0.2) is 4.79 Å². The summed E-state index contributed by atoms with van der Waals surface area (Å²) in [5.41, 5.74) is 0. The van der Waals surface area contributed by atoms with Crippen molar-refractivity contribution in [2.45, 2.75) is 31.7 Å². The van der Waals surface area contributed by atoms with E-state index in [0.717, 1.165) is 31.8 Å². The standard InChI is InChI=1S/C11H20N2O2/c1-15-11(14)13-7-4-9(5-8-13)10-3-2-6-12-10/h9-10,12H,2-8H2,1H3. The molecule has 86 valence electrons. The number of nitrogens with zero attached hydrogens (tertiary/aromatic N) is 1. The minimum absolute atomic E-state index is 0.173. The van der Waals surface area contributed by atoms with Crippen LogP contribution in [0.5, 0.6) is 0 Å². The highest BCUT2D eigenvalue weighted by Crippen LogP contribution is 2.25. The van der Waals surface area contributed by atoms with E-state index in [2.05, 4.69) is 5.32 Å². The van der Waals surface area contributed by atoms with Gasteiger partial charge < -0.3 is 15.0 Å². The molecule has 0 saturated carbocycles. The fourth-order valence-corrected chi connectivity index (χ4v) is 2.73. The Bertz CT molecular complexity index is 219. The van der Waals surface area contributed by atoms with Gasteiger partial charge in [0.1, 0.15) is 0 Å². The number of likely N-dealkylation sites (tertiary alicyclic amines) is 1. The summed E-state index contributed by atoms with van der Waals surface area (Å²) in [5.74, 6) is 0.758. The maximum Gasteiger partial charge on any atom is 0.409 e. The van der Waals surface area contributed by atoms with E-state index in [-0.39, 0.29) is 6.09 Å². The normalized spacial score (nSPS) is 28.1. The van der Waals surface area contributed by atoms with E-state index in [9.17, 15) is 4.79 Å². The molecule has 0 aliphatic carbocycles. The van der Waals surface area contributed by atoms with E-state index in [1.54, 1.807) is 0 Å². The number of nitrogens with one attached hydrogen (secondary N) is 1. The first-order chi connectivity index (χ1) is 7.31. The quantitative estimate of drug-likeness (QED) is 0.710. The number of methoxy groups -OCH3 is 1. The van der Waals surface area contributed by atoms with Gasteiger partial charge in [0.2, 0.25) is 0 Å². The highest BCUT2D eigenvalue weighted by molar-refractivity contribution is 5.67. The second-order valence-electron chi connectivity index (χ2n) is 4.50. The van der Waals surface area contributed by atoms with Crippen LogP contribution in [0.2, 0.25) is 0 Å². The van der Waals surface area contributed by atoms with Crippen molar-refractivity contribution in [3.05, 3.63) is 0 Å². The smallest absolute Gasteiger partial charge is 0.409 e. The Hall–Kier alpha value is -0.770. The van der Waals surface area contributed by atoms with Crippen molar-refractivity contribution in [1.82, 2.24) is 10.2 Å². The fourth-order valence-electron chi connectivity index (χ4n) is 2.73. The Morgan fingerprint density at radius 1 is 1.33 bits per heavy atom. The lowest BCUT2D eigenvalue weighted by Crippen LogP contribution is -2.43. The highest BCUT2D eigenvalue weighted by Gasteiger charge is 2.29. The predicted molar refractivity (Wildman–Crippen MR) is 57.7 cm³/mol. The summed E-state index contributed by atoms with van der Waals surface area (Å²) >= 11 is 0. The van der Waals surface area contributed by atoms with Gasteiger partial charge in [-0.3, -0.25) is 0 Å². The topological polar surface area (TPSA) is 41.6 Å². The van der Waals surface area contributed by atoms with Gasteiger partial charge in [-0.2, -0.15) is 0 Å². The van der Waals surface area contributed by atoms with Crippen molar-refractivity contribution in [3.8, 4) is 0 Å². The van der Waals surface area contributed by atoms with Crippen LogP contribution < -0.4 is 5.32 Å². The van der Waals surface area contributed by atoms with Gasteiger partial charge in [-0.05, 0) is 38.1 Å². The number of ether oxygens (including phenoxy) is 1. The molecule has 0 aromatic heterocycles. The maximum atomic E-state index is 11.3. The first kappa shape index (κ1) is 10.7. The van der Waals surface area contributed by atoms with Gasteiger partial charge in [-0.15, -0.1) is 0 Å². The minimum Gasteiger partial charge on any atom is -0.453 e. The molecule has 1 N–H and O–H groups in total. The maximum absolute atomic E-state index is 11.3. The Morgan fingerprint density at radius 2 is 2.07 bits per heavy atom. The predicted octanol–water partition coefficient (Wildman–Crippen LogP) is 1.22. The van der Waals surface area contributed by atoms with Gasteiger partial charge >= 0.3 is 6.09 Å². The van der Waals surface area contributed by atoms with Gasteiger partial charge in [0.25, 0.3) is 0 Å². The average Bonchev–Trinajstić information content (AvgIpc) is 2.82. The van der Waals surface area contributed by atoms with Crippen LogP contribution in [0.25, 0.3) is 0 Å². The third-order valence-electron chi connectivity index (χ3n) is 3.64. The molecule has 0 bridgehead atoms. The van der Waals surface area contributed by atoms with Crippen molar-refractivity contribution in [1.29, 1.82) is 0 Å². The summed E-state index contributed by atoms with van der Waals surface area (Å²) in [4.78, 5) is 13.1. The van der Waals surface area contributed by atoms with Gasteiger partial charge in [0, 0.05) is 19.1 Å². The zero-order valence-electron chi connectivity index (χ0n) is 9.37. The molecule has 2 aliphatic rings. The number of hydrogen-bond donors (Lipinski definition) is 1. The monoisotopic (exact) mass is 212 g/mol. The molecule has 15 heavy (non-hydrogen) atoms. The van der Waals surface area contributed by atoms with Crippen molar-refractivity contribution in [2.75, 3.05) is 26.7 Å². The molecule has 4 nitrogen and oxygen atoms in total. The molecule has 2 rings (SSSR count). The first-order valence-electron chi connectivity index (χ1n) is 5.87. The second kappa shape index (κ2) is 4.84. The number of amides is 1. The van der Waals surface area contributed by atoms with E-state index >= 15 is 0 Å². The lowest BCUT2D eigenvalue weighted by molar-refractivity contribution is 0.101. The molecule has 0 aromatic rings. The van der Waals surface area contributed by atoms with Crippen LogP contribution in [0.1, 0.15) is 25.7 Å². The van der Waals surface area contributed by atoms with E-state index < -0.39 is 0 Å². The summed E-state index contributed by atoms with van der Waals surface area (Å²) in [6.07, 6.45) is 4.68. The summed E-state index contributed by atoms with van der Waals surface area (Å²) in [6.45, 7) is 2.88. The Kier molecular flexibility index (Phi) is 3.46. The summed E-state index contributed by atoms with van der Waals surface area (Å²) in [5, 5.41) is 3.55. The van der Waals surface area contributed by atoms with Crippen molar-refractivity contribution in [2.24, 2.45) is 5.92 Å². The van der Waals surface area contributed by atoms with Crippen LogP contribution in [0.4, 0.5) is 4.79 Å². The second-order valence-corrected chi connectivity index (χ2v) is 4.50. The molecule has 2 heterocycles. The third-order valence-corrected chi connectivity index (χ3v) is 3.64. The van der Waals surface area contributed by atoms with Crippen LogP contribution in [0.3, 0.4) is 0 Å². The molecule has 0 spiro atoms. The SMILES string of the molecule is COC(=O)N1CCC(C2CCCN2)CC1. The average molecular weight is 212 g/mol. The number of hydrogen-bond acceptors (Lipinski definition) is 3. The molecule has 1 amide bonds. The van der Waals surface area contributed by atoms with Crippen LogP contribution >= 0.6 is 0 Å². The van der Waals surface area contributed by atoms with Crippen molar-refractivity contribution < 1.29 is 9.53 Å². The molecule has 1 atom stereocenters. The number of carbonyl (C=O) groups excluding carboxylic acids is 1. The number of carbonyl (C=O) groups is 1. The molecule has 4 heteroatoms. The zero-order chi connectivity index (χ0) is 10.7. The highest BCUT2D eigenvalue weighted by atomic mass is 16.5. The van der Waals surface area contributed by atoms with E-state index in [0.29, 0.717) is 6.04 Å². The Morgan fingerprint density at radius 3 is 2.60 bits per heavy atom. The molecule has 0 aromatic carbocycles. The Labute approximate surface area is 91.0 Å². The molecule has 2 saturated heterocycles. The van der Waals surface area contributed by atoms with Gasteiger partial charge in [0.15, 0.2) is 0 Å². The van der Waals surface area contributed by atoms with Gasteiger partial charge in [-0.1, -0.05) is 0 Å². The van der Waals surface area contributed by atoms with Crippen LogP contribution in [0, 0.1) is 5.92 Å². The zero-order valence-corrected chi connectivity index (χ0v) is 9.37. The molecule has 2 fully saturated rings. The summed E-state index contributed by atoms with van der Waals surface area (Å²) in [7, 11) is 1.45. The summed E-state index contributed by atoms with van der Waals surface area (Å²) < 4.78 is 4.72. The van der Waals surface area contributed by atoms with E-state index in [1.165, 1.54) is 26.5 Å². The molecule has 0 radical (unpaired) electrons. The fraction of sp³-hybridized carbons (Fsp3) is 0.909. The van der Waals surface area contributed by atoms with Crippen molar-refractivity contribution in [3.63, 3.8) is 0 Å². The number of rotatable bonds is 1. The van der Waals surface area contributed by atoms with Crippen LogP contribution in [-0.4, -0.2) is 43.8 Å².